The summed E-state index contributed by atoms with van der Waals surface area (Å²) >= 11 is 0. The number of nitrogens with two attached hydrogens (primary N) is 1. The minimum Gasteiger partial charge on any atom is -0.352 e. The molecule has 4 heteroatoms. The molecule has 0 aromatic heterocycles. The van der Waals surface area contributed by atoms with Gasteiger partial charge in [-0.1, -0.05) is 37.3 Å². The lowest BCUT2D eigenvalue weighted by atomic mass is 9.93. The van der Waals surface area contributed by atoms with Crippen LogP contribution < -0.4 is 11.1 Å². The van der Waals surface area contributed by atoms with Crippen molar-refractivity contribution in [2.75, 3.05) is 20.1 Å². The Hall–Kier alpha value is -1.39. The Morgan fingerprint density at radius 2 is 2.15 bits per heavy atom. The minimum atomic E-state index is -0.468. The summed E-state index contributed by atoms with van der Waals surface area (Å²) in [5.41, 5.74) is 7.12. The Labute approximate surface area is 121 Å². The van der Waals surface area contributed by atoms with E-state index in [2.05, 4.69) is 24.2 Å². The summed E-state index contributed by atoms with van der Waals surface area (Å²) in [6, 6.07) is 9.70. The van der Waals surface area contributed by atoms with E-state index in [1.165, 1.54) is 0 Å². The molecule has 0 aliphatic carbocycles. The highest BCUT2D eigenvalue weighted by molar-refractivity contribution is 5.82. The van der Waals surface area contributed by atoms with Crippen LogP contribution in [0.4, 0.5) is 0 Å². The molecule has 4 nitrogen and oxygen atoms in total. The molecule has 110 valence electrons. The van der Waals surface area contributed by atoms with Gasteiger partial charge in [0.15, 0.2) is 0 Å². The molecule has 3 N–H and O–H groups in total. The quantitative estimate of drug-likeness (QED) is 0.862. The molecular formula is C16H25N3O. The number of nitrogens with one attached hydrogen (secondary N) is 1. The number of hydrogen-bond donors (Lipinski definition) is 2. The number of amides is 1. The van der Waals surface area contributed by atoms with Crippen molar-refractivity contribution in [1.29, 1.82) is 0 Å². The zero-order valence-electron chi connectivity index (χ0n) is 12.4. The van der Waals surface area contributed by atoms with Crippen molar-refractivity contribution in [2.24, 2.45) is 11.7 Å². The third-order valence-corrected chi connectivity index (χ3v) is 4.07. The van der Waals surface area contributed by atoms with Crippen molar-refractivity contribution in [3.05, 3.63) is 35.9 Å². The summed E-state index contributed by atoms with van der Waals surface area (Å²) in [6.45, 7) is 4.24. The summed E-state index contributed by atoms with van der Waals surface area (Å²) < 4.78 is 0. The van der Waals surface area contributed by atoms with Crippen molar-refractivity contribution in [3.8, 4) is 0 Å². The summed E-state index contributed by atoms with van der Waals surface area (Å²) in [7, 11) is 2.12. The molecule has 1 heterocycles. The predicted molar refractivity (Wildman–Crippen MR) is 81.3 cm³/mol. The number of benzene rings is 1. The van der Waals surface area contributed by atoms with Crippen LogP contribution in [0.2, 0.25) is 0 Å². The van der Waals surface area contributed by atoms with Crippen LogP contribution in [0.1, 0.15) is 18.9 Å². The molecule has 0 bridgehead atoms. The van der Waals surface area contributed by atoms with Gasteiger partial charge in [-0.15, -0.1) is 0 Å². The largest absolute Gasteiger partial charge is 0.352 e. The van der Waals surface area contributed by atoms with Crippen molar-refractivity contribution in [2.45, 2.75) is 31.8 Å². The number of rotatable bonds is 4. The van der Waals surface area contributed by atoms with E-state index < -0.39 is 6.04 Å². The maximum atomic E-state index is 12.2. The van der Waals surface area contributed by atoms with Gasteiger partial charge in [0.25, 0.3) is 0 Å². The Bertz CT molecular complexity index is 435. The van der Waals surface area contributed by atoms with Gasteiger partial charge in [-0.05, 0) is 37.9 Å². The van der Waals surface area contributed by atoms with Gasteiger partial charge < -0.3 is 16.0 Å². The maximum Gasteiger partial charge on any atom is 0.237 e. The number of carbonyl (C=O) groups is 1. The van der Waals surface area contributed by atoms with Gasteiger partial charge in [0.2, 0.25) is 5.91 Å². The second kappa shape index (κ2) is 6.86. The first-order valence-corrected chi connectivity index (χ1v) is 7.34. The van der Waals surface area contributed by atoms with Gasteiger partial charge in [0.05, 0.1) is 6.04 Å². The molecule has 3 atom stereocenters. The molecule has 1 aromatic carbocycles. The number of likely N-dealkylation sites (tertiary alicyclic amines) is 1. The van der Waals surface area contributed by atoms with E-state index in [9.17, 15) is 4.79 Å². The van der Waals surface area contributed by atoms with Crippen molar-refractivity contribution in [3.63, 3.8) is 0 Å². The SMILES string of the molecule is CC1CN(C)CCC1NC(=O)[C@H](N)Cc1ccccc1. The lowest BCUT2D eigenvalue weighted by Gasteiger charge is -2.35. The van der Waals surface area contributed by atoms with Crippen LogP contribution >= 0.6 is 0 Å². The minimum absolute atomic E-state index is 0.0322. The van der Waals surface area contributed by atoms with Gasteiger partial charge in [-0.3, -0.25) is 4.79 Å². The first kappa shape index (κ1) is 15.0. The maximum absolute atomic E-state index is 12.2. The summed E-state index contributed by atoms with van der Waals surface area (Å²) in [6.07, 6.45) is 1.59. The van der Waals surface area contributed by atoms with E-state index in [0.717, 1.165) is 25.1 Å². The zero-order valence-corrected chi connectivity index (χ0v) is 12.4. The molecule has 1 aliphatic rings. The standard InChI is InChI=1S/C16H25N3O/c1-12-11-19(2)9-8-15(12)18-16(20)14(17)10-13-6-4-3-5-7-13/h3-7,12,14-15H,8-11,17H2,1-2H3,(H,18,20)/t12?,14-,15?/m1/s1. The second-order valence-electron chi connectivity index (χ2n) is 5.94. The molecular weight excluding hydrogens is 250 g/mol. The van der Waals surface area contributed by atoms with Crippen molar-refractivity contribution in [1.82, 2.24) is 10.2 Å². The van der Waals surface area contributed by atoms with E-state index in [1.54, 1.807) is 0 Å². The van der Waals surface area contributed by atoms with Crippen LogP contribution in [0.3, 0.4) is 0 Å². The lowest BCUT2D eigenvalue weighted by Crippen LogP contribution is -2.53. The predicted octanol–water partition coefficient (Wildman–Crippen LogP) is 1.01. The van der Waals surface area contributed by atoms with Crippen LogP contribution in [0, 0.1) is 5.92 Å². The Kier molecular flexibility index (Phi) is 5.15. The highest BCUT2D eigenvalue weighted by atomic mass is 16.2. The summed E-state index contributed by atoms with van der Waals surface area (Å²) in [5.74, 6) is 0.442. The first-order chi connectivity index (χ1) is 9.56. The Morgan fingerprint density at radius 3 is 2.80 bits per heavy atom. The molecule has 0 spiro atoms. The van der Waals surface area contributed by atoms with Crippen LogP contribution in [-0.4, -0.2) is 43.0 Å². The summed E-state index contributed by atoms with van der Waals surface area (Å²) in [5, 5.41) is 3.12. The van der Waals surface area contributed by atoms with Crippen LogP contribution in [-0.2, 0) is 11.2 Å². The molecule has 2 rings (SSSR count). The number of piperidine rings is 1. The van der Waals surface area contributed by atoms with Gasteiger partial charge in [-0.2, -0.15) is 0 Å². The van der Waals surface area contributed by atoms with E-state index in [0.29, 0.717) is 12.3 Å². The van der Waals surface area contributed by atoms with E-state index in [4.69, 9.17) is 5.73 Å². The molecule has 0 saturated carbocycles. The van der Waals surface area contributed by atoms with Crippen LogP contribution in [0.15, 0.2) is 30.3 Å². The molecule has 1 aliphatic heterocycles. The number of hydrogen-bond acceptors (Lipinski definition) is 3. The molecule has 1 aromatic rings. The van der Waals surface area contributed by atoms with Crippen molar-refractivity contribution < 1.29 is 4.79 Å². The van der Waals surface area contributed by atoms with E-state index in [1.807, 2.05) is 30.3 Å². The number of carbonyl (C=O) groups excluding carboxylic acids is 1. The highest BCUT2D eigenvalue weighted by Crippen LogP contribution is 2.15. The normalized spacial score (nSPS) is 25.1. The summed E-state index contributed by atoms with van der Waals surface area (Å²) in [4.78, 5) is 14.5. The van der Waals surface area contributed by atoms with Crippen LogP contribution in [0.5, 0.6) is 0 Å². The molecule has 1 saturated heterocycles. The third-order valence-electron chi connectivity index (χ3n) is 4.07. The van der Waals surface area contributed by atoms with Gasteiger partial charge in [0.1, 0.15) is 0 Å². The molecule has 1 amide bonds. The Morgan fingerprint density at radius 1 is 1.45 bits per heavy atom. The molecule has 0 radical (unpaired) electrons. The Balaban J connectivity index is 1.85. The fraction of sp³-hybridized carbons (Fsp3) is 0.562. The topological polar surface area (TPSA) is 58.4 Å². The van der Waals surface area contributed by atoms with E-state index >= 15 is 0 Å². The molecule has 2 unspecified atom stereocenters. The smallest absolute Gasteiger partial charge is 0.237 e. The van der Waals surface area contributed by atoms with E-state index in [-0.39, 0.29) is 11.9 Å². The highest BCUT2D eigenvalue weighted by Gasteiger charge is 2.27. The fourth-order valence-electron chi connectivity index (χ4n) is 2.82. The molecule has 20 heavy (non-hydrogen) atoms. The average molecular weight is 275 g/mol. The van der Waals surface area contributed by atoms with Gasteiger partial charge in [-0.25, -0.2) is 0 Å². The fourth-order valence-corrected chi connectivity index (χ4v) is 2.82. The van der Waals surface area contributed by atoms with Gasteiger partial charge in [0, 0.05) is 12.6 Å². The van der Waals surface area contributed by atoms with Crippen molar-refractivity contribution >= 4 is 5.91 Å². The third kappa shape index (κ3) is 4.05. The van der Waals surface area contributed by atoms with Gasteiger partial charge >= 0.3 is 0 Å². The lowest BCUT2D eigenvalue weighted by molar-refractivity contribution is -0.123. The first-order valence-electron chi connectivity index (χ1n) is 7.34. The second-order valence-corrected chi connectivity index (χ2v) is 5.94. The molecule has 1 fully saturated rings. The van der Waals surface area contributed by atoms with Crippen LogP contribution in [0.25, 0.3) is 0 Å². The zero-order chi connectivity index (χ0) is 14.5. The monoisotopic (exact) mass is 275 g/mol. The number of nitrogens with zero attached hydrogens (tertiary/aromatic N) is 1. The average Bonchev–Trinajstić information content (AvgIpc) is 2.43.